The third-order valence-electron chi connectivity index (χ3n) is 1.69. The van der Waals surface area contributed by atoms with Crippen molar-refractivity contribution >= 4 is 27.1 Å². The number of nitrogens with zero attached hydrogens (tertiary/aromatic N) is 4. The summed E-state index contributed by atoms with van der Waals surface area (Å²) in [7, 11) is -3.16. The van der Waals surface area contributed by atoms with Crippen LogP contribution in [0.5, 0.6) is 0 Å². The van der Waals surface area contributed by atoms with E-state index in [4.69, 9.17) is 11.6 Å². The molecule has 0 amide bonds. The van der Waals surface area contributed by atoms with Crippen molar-refractivity contribution in [2.75, 3.05) is 6.26 Å². The average Bonchev–Trinajstić information content (AvgIpc) is 2.46. The van der Waals surface area contributed by atoms with Crippen molar-refractivity contribution in [3.63, 3.8) is 0 Å². The van der Waals surface area contributed by atoms with E-state index in [0.717, 1.165) is 6.26 Å². The molecule has 2 heterocycles. The number of hydrogen-bond donors (Lipinski definition) is 0. The first-order valence-corrected chi connectivity index (χ1v) is 6.44. The zero-order valence-corrected chi connectivity index (χ0v) is 9.33. The zero-order valence-electron chi connectivity index (χ0n) is 7.75. The molecule has 0 unspecified atom stereocenters. The lowest BCUT2D eigenvalue weighted by molar-refractivity contribution is 0.598. The minimum atomic E-state index is -3.16. The van der Waals surface area contributed by atoms with Gasteiger partial charge in [0.1, 0.15) is 10.9 Å². The standard InChI is InChI=1S/C7H7ClN4O2S/c1-15(13,14)4-7-10-9-6-3-2-5(8)11-12(6)7/h2-3H,4H2,1H3. The fraction of sp³-hybridized carbons (Fsp3) is 0.286. The Kier molecular flexibility index (Phi) is 2.35. The van der Waals surface area contributed by atoms with Crippen LogP contribution in [0.15, 0.2) is 12.1 Å². The van der Waals surface area contributed by atoms with Crippen LogP contribution in [0.4, 0.5) is 0 Å². The molecule has 0 radical (unpaired) electrons. The van der Waals surface area contributed by atoms with Crippen LogP contribution in [0, 0.1) is 0 Å². The molecule has 2 aromatic heterocycles. The van der Waals surface area contributed by atoms with Crippen molar-refractivity contribution in [2.24, 2.45) is 0 Å². The molecule has 8 heteroatoms. The fourth-order valence-electron chi connectivity index (χ4n) is 1.14. The average molecular weight is 247 g/mol. The van der Waals surface area contributed by atoms with Crippen LogP contribution in [0.1, 0.15) is 5.82 Å². The monoisotopic (exact) mass is 246 g/mol. The van der Waals surface area contributed by atoms with Gasteiger partial charge in [-0.25, -0.2) is 8.42 Å². The van der Waals surface area contributed by atoms with Gasteiger partial charge in [-0.1, -0.05) is 11.6 Å². The summed E-state index contributed by atoms with van der Waals surface area (Å²) in [5, 5.41) is 11.7. The van der Waals surface area contributed by atoms with Crippen LogP contribution in [-0.2, 0) is 15.6 Å². The highest BCUT2D eigenvalue weighted by molar-refractivity contribution is 7.89. The maximum absolute atomic E-state index is 11.1. The van der Waals surface area contributed by atoms with E-state index in [2.05, 4.69) is 15.3 Å². The van der Waals surface area contributed by atoms with Crippen molar-refractivity contribution < 1.29 is 8.42 Å². The Labute approximate surface area is 90.8 Å². The molecule has 6 nitrogen and oxygen atoms in total. The minimum Gasteiger partial charge on any atom is -0.229 e. The Morgan fingerprint density at radius 2 is 2.13 bits per heavy atom. The minimum absolute atomic E-state index is 0.207. The Morgan fingerprint density at radius 1 is 1.40 bits per heavy atom. The van der Waals surface area contributed by atoms with Crippen LogP contribution in [-0.4, -0.2) is 34.5 Å². The van der Waals surface area contributed by atoms with Gasteiger partial charge in [-0.2, -0.15) is 9.61 Å². The van der Waals surface area contributed by atoms with Gasteiger partial charge in [0.2, 0.25) is 0 Å². The van der Waals surface area contributed by atoms with Gasteiger partial charge < -0.3 is 0 Å². The number of halogens is 1. The van der Waals surface area contributed by atoms with E-state index in [0.29, 0.717) is 5.65 Å². The number of sulfone groups is 1. The van der Waals surface area contributed by atoms with Crippen molar-refractivity contribution in [1.29, 1.82) is 0 Å². The van der Waals surface area contributed by atoms with Crippen LogP contribution in [0.2, 0.25) is 5.15 Å². The highest BCUT2D eigenvalue weighted by Crippen LogP contribution is 2.08. The van der Waals surface area contributed by atoms with Crippen LogP contribution in [0.25, 0.3) is 5.65 Å². The largest absolute Gasteiger partial charge is 0.229 e. The summed E-state index contributed by atoms with van der Waals surface area (Å²) in [6, 6.07) is 3.18. The molecule has 0 aliphatic rings. The third kappa shape index (κ3) is 2.24. The van der Waals surface area contributed by atoms with Crippen molar-refractivity contribution in [2.45, 2.75) is 5.75 Å². The van der Waals surface area contributed by atoms with E-state index >= 15 is 0 Å². The van der Waals surface area contributed by atoms with Gasteiger partial charge in [0.25, 0.3) is 0 Å². The van der Waals surface area contributed by atoms with Crippen molar-refractivity contribution in [1.82, 2.24) is 19.8 Å². The van der Waals surface area contributed by atoms with Gasteiger partial charge in [-0.3, -0.25) is 0 Å². The summed E-state index contributed by atoms with van der Waals surface area (Å²) < 4.78 is 23.5. The highest BCUT2D eigenvalue weighted by atomic mass is 35.5. The summed E-state index contributed by atoms with van der Waals surface area (Å²) in [5.41, 5.74) is 0.470. The molecule has 0 saturated carbocycles. The molecule has 0 fully saturated rings. The zero-order chi connectivity index (χ0) is 11.1. The number of fused-ring (bicyclic) bond motifs is 1. The van der Waals surface area contributed by atoms with E-state index in [-0.39, 0.29) is 16.7 Å². The van der Waals surface area contributed by atoms with Crippen LogP contribution >= 0.6 is 11.6 Å². The molecule has 0 atom stereocenters. The first-order valence-electron chi connectivity index (χ1n) is 4.00. The summed E-state index contributed by atoms with van der Waals surface area (Å²) in [6.07, 6.45) is 1.12. The van der Waals surface area contributed by atoms with Crippen LogP contribution < -0.4 is 0 Å². The Hall–Kier alpha value is -1.21. The summed E-state index contributed by atoms with van der Waals surface area (Å²) in [5.74, 6) is 0.0524. The molecule has 0 bridgehead atoms. The van der Waals surface area contributed by atoms with E-state index in [9.17, 15) is 8.42 Å². The second-order valence-corrected chi connectivity index (χ2v) is 5.64. The third-order valence-corrected chi connectivity index (χ3v) is 2.67. The Morgan fingerprint density at radius 3 is 2.80 bits per heavy atom. The first-order chi connectivity index (χ1) is 6.96. The predicted molar refractivity (Wildman–Crippen MR) is 54.3 cm³/mol. The maximum atomic E-state index is 11.1. The summed E-state index contributed by atoms with van der Waals surface area (Å²) in [4.78, 5) is 0. The lowest BCUT2D eigenvalue weighted by Crippen LogP contribution is -2.06. The molecule has 0 spiro atoms. The fourth-order valence-corrected chi connectivity index (χ4v) is 1.92. The number of aromatic nitrogens is 4. The number of rotatable bonds is 2. The molecule has 0 N–H and O–H groups in total. The number of hydrogen-bond acceptors (Lipinski definition) is 5. The molecule has 0 aromatic carbocycles. The topological polar surface area (TPSA) is 77.2 Å². The van der Waals surface area contributed by atoms with Gasteiger partial charge in [0.05, 0.1) is 0 Å². The van der Waals surface area contributed by atoms with E-state index in [1.54, 1.807) is 12.1 Å². The quantitative estimate of drug-likeness (QED) is 0.763. The molecule has 0 aliphatic carbocycles. The van der Waals surface area contributed by atoms with E-state index in [1.165, 1.54) is 4.52 Å². The van der Waals surface area contributed by atoms with E-state index < -0.39 is 9.84 Å². The molecule has 0 saturated heterocycles. The molecular formula is C7H7ClN4O2S. The molecule has 0 aliphatic heterocycles. The Bertz CT molecular complexity index is 606. The smallest absolute Gasteiger partial charge is 0.178 e. The molecule has 15 heavy (non-hydrogen) atoms. The summed E-state index contributed by atoms with van der Waals surface area (Å²) >= 11 is 5.68. The van der Waals surface area contributed by atoms with Gasteiger partial charge in [-0.15, -0.1) is 10.2 Å². The normalized spacial score (nSPS) is 12.1. The summed E-state index contributed by atoms with van der Waals surface area (Å²) in [6.45, 7) is 0. The Balaban J connectivity index is 2.57. The molecule has 2 aromatic rings. The molecule has 2 rings (SSSR count). The van der Waals surface area contributed by atoms with Gasteiger partial charge in [-0.05, 0) is 12.1 Å². The van der Waals surface area contributed by atoms with E-state index in [1.807, 2.05) is 0 Å². The first kappa shape index (κ1) is 10.3. The SMILES string of the molecule is CS(=O)(=O)Cc1nnc2ccc(Cl)nn12. The van der Waals surface area contributed by atoms with Crippen molar-refractivity contribution in [3.05, 3.63) is 23.1 Å². The highest BCUT2D eigenvalue weighted by Gasteiger charge is 2.12. The van der Waals surface area contributed by atoms with Gasteiger partial charge >= 0.3 is 0 Å². The van der Waals surface area contributed by atoms with Gasteiger partial charge in [0, 0.05) is 6.26 Å². The lowest BCUT2D eigenvalue weighted by atomic mass is 10.5. The predicted octanol–water partition coefficient (Wildman–Crippen LogP) is 0.322. The van der Waals surface area contributed by atoms with Crippen LogP contribution in [0.3, 0.4) is 0 Å². The lowest BCUT2D eigenvalue weighted by Gasteiger charge is -1.97. The second-order valence-electron chi connectivity index (χ2n) is 3.11. The second kappa shape index (κ2) is 3.42. The maximum Gasteiger partial charge on any atom is 0.178 e. The van der Waals surface area contributed by atoms with Gasteiger partial charge in [0.15, 0.2) is 21.3 Å². The van der Waals surface area contributed by atoms with Crippen molar-refractivity contribution in [3.8, 4) is 0 Å². The molecule has 80 valence electrons. The molecular weight excluding hydrogens is 240 g/mol.